The van der Waals surface area contributed by atoms with Crippen LogP contribution >= 0.6 is 0 Å². The van der Waals surface area contributed by atoms with Crippen LogP contribution in [0.5, 0.6) is 11.5 Å². The minimum absolute atomic E-state index is 0.0264. The van der Waals surface area contributed by atoms with Gasteiger partial charge in [0, 0.05) is 41.5 Å². The van der Waals surface area contributed by atoms with Crippen LogP contribution in [0.2, 0.25) is 0 Å². The Hall–Kier alpha value is -1.30. The van der Waals surface area contributed by atoms with Crippen molar-refractivity contribution in [1.82, 2.24) is 4.90 Å². The fourth-order valence-electron chi connectivity index (χ4n) is 9.51. The van der Waals surface area contributed by atoms with Gasteiger partial charge >= 0.3 is 0 Å². The van der Waals surface area contributed by atoms with Crippen molar-refractivity contribution >= 4 is 0 Å². The molecule has 5 heteroatoms. The molecule has 1 saturated heterocycles. The highest BCUT2D eigenvalue weighted by molar-refractivity contribution is 5.63. The van der Waals surface area contributed by atoms with Crippen molar-refractivity contribution in [3.63, 3.8) is 0 Å². The highest BCUT2D eigenvalue weighted by Crippen LogP contribution is 2.78. The van der Waals surface area contributed by atoms with Crippen molar-refractivity contribution in [3.8, 4) is 11.5 Å². The lowest BCUT2D eigenvalue weighted by Gasteiger charge is -2.75. The minimum atomic E-state index is -0.906. The van der Waals surface area contributed by atoms with Crippen LogP contribution in [0.3, 0.4) is 0 Å². The summed E-state index contributed by atoms with van der Waals surface area (Å²) in [7, 11) is 1.83. The molecule has 4 saturated carbocycles. The molecule has 7 aliphatic rings. The average molecular weight is 454 g/mol. The Labute approximate surface area is 197 Å². The number of methoxy groups -OCH3 is 1. The van der Waals surface area contributed by atoms with Crippen LogP contribution in [0, 0.1) is 16.7 Å². The van der Waals surface area contributed by atoms with Gasteiger partial charge in [-0.2, -0.15) is 0 Å². The predicted octanol–water partition coefficient (Wildman–Crippen LogP) is 4.17. The molecule has 4 bridgehead atoms. The molecule has 0 radical (unpaired) electrons. The number of ether oxygens (including phenoxy) is 2. The molecule has 5 aliphatic carbocycles. The summed E-state index contributed by atoms with van der Waals surface area (Å²) in [6, 6.07) is 5.18. The highest BCUT2D eigenvalue weighted by Gasteiger charge is 2.82. The van der Waals surface area contributed by atoms with E-state index in [1.54, 1.807) is 0 Å². The monoisotopic (exact) mass is 453 g/mol. The van der Waals surface area contributed by atoms with Gasteiger partial charge in [-0.15, -0.1) is 0 Å². The number of aromatic hydroxyl groups is 1. The van der Waals surface area contributed by atoms with Gasteiger partial charge in [-0.3, -0.25) is 4.90 Å². The molecule has 5 fully saturated rings. The van der Waals surface area contributed by atoms with Crippen LogP contribution in [-0.4, -0.2) is 58.2 Å². The molecule has 8 rings (SSSR count). The molecule has 7 atom stereocenters. The quantitative estimate of drug-likeness (QED) is 0.719. The van der Waals surface area contributed by atoms with Crippen molar-refractivity contribution in [2.75, 3.05) is 13.7 Å². The first-order valence-electron chi connectivity index (χ1n) is 13.1. The van der Waals surface area contributed by atoms with Gasteiger partial charge in [-0.25, -0.2) is 0 Å². The van der Waals surface area contributed by atoms with Crippen molar-refractivity contribution < 1.29 is 19.7 Å². The largest absolute Gasteiger partial charge is 0.504 e. The Morgan fingerprint density at radius 3 is 2.55 bits per heavy atom. The first-order chi connectivity index (χ1) is 15.5. The number of aliphatic hydroxyl groups is 1. The van der Waals surface area contributed by atoms with Crippen molar-refractivity contribution in [1.29, 1.82) is 0 Å². The van der Waals surface area contributed by atoms with E-state index in [4.69, 9.17) is 9.47 Å². The van der Waals surface area contributed by atoms with Crippen molar-refractivity contribution in [3.05, 3.63) is 23.3 Å². The summed E-state index contributed by atoms with van der Waals surface area (Å²) in [5, 5.41) is 23.1. The second kappa shape index (κ2) is 5.91. The van der Waals surface area contributed by atoms with E-state index in [1.165, 1.54) is 24.0 Å². The van der Waals surface area contributed by atoms with E-state index in [-0.39, 0.29) is 34.0 Å². The lowest BCUT2D eigenvalue weighted by Crippen LogP contribution is -2.83. The lowest BCUT2D eigenvalue weighted by molar-refractivity contribution is -0.312. The summed E-state index contributed by atoms with van der Waals surface area (Å²) in [6.07, 6.45) is 7.54. The van der Waals surface area contributed by atoms with Gasteiger partial charge in [0.1, 0.15) is 11.7 Å². The molecular formula is C28H39NO4. The number of hydrogen-bond acceptors (Lipinski definition) is 5. The van der Waals surface area contributed by atoms with Crippen LogP contribution in [0.15, 0.2) is 12.1 Å². The van der Waals surface area contributed by atoms with Crippen LogP contribution in [-0.2, 0) is 16.6 Å². The van der Waals surface area contributed by atoms with Gasteiger partial charge in [0.25, 0.3) is 0 Å². The lowest BCUT2D eigenvalue weighted by atomic mass is 9.33. The number of piperidine rings is 1. The topological polar surface area (TPSA) is 62.2 Å². The Kier molecular flexibility index (Phi) is 3.76. The molecule has 0 amide bonds. The van der Waals surface area contributed by atoms with Crippen molar-refractivity contribution in [2.45, 2.75) is 107 Å². The summed E-state index contributed by atoms with van der Waals surface area (Å²) in [6.45, 7) is 9.59. The normalized spacial score (nSPS) is 44.8. The third kappa shape index (κ3) is 2.10. The van der Waals surface area contributed by atoms with Crippen LogP contribution in [0.4, 0.5) is 0 Å². The van der Waals surface area contributed by atoms with Gasteiger partial charge in [0.2, 0.25) is 0 Å². The summed E-state index contributed by atoms with van der Waals surface area (Å²) in [5.74, 6) is 0.946. The van der Waals surface area contributed by atoms with Gasteiger partial charge in [-0.1, -0.05) is 26.8 Å². The molecule has 0 unspecified atom stereocenters. The Morgan fingerprint density at radius 1 is 1.12 bits per heavy atom. The first kappa shape index (κ1) is 21.0. The molecule has 180 valence electrons. The first-order valence-corrected chi connectivity index (χ1v) is 13.1. The molecule has 33 heavy (non-hydrogen) atoms. The third-order valence-electron chi connectivity index (χ3n) is 11.6. The number of benzene rings is 1. The number of hydrogen-bond donors (Lipinski definition) is 2. The second-order valence-electron chi connectivity index (χ2n) is 13.3. The SMILES string of the molecule is CO[C@]12CC[C@@]3(C[C@@H]1[C@@](C)(O)C(C)(C)C)[C@H]1Cc4ccc(O)c5c4[C@@]3(CCN1C1CC1)[C@H]2O5. The summed E-state index contributed by atoms with van der Waals surface area (Å²) >= 11 is 0. The Balaban J connectivity index is 1.51. The van der Waals surface area contributed by atoms with Gasteiger partial charge < -0.3 is 19.7 Å². The minimum Gasteiger partial charge on any atom is -0.504 e. The molecule has 5 nitrogen and oxygen atoms in total. The van der Waals surface area contributed by atoms with E-state index in [0.29, 0.717) is 11.8 Å². The van der Waals surface area contributed by atoms with E-state index >= 15 is 0 Å². The van der Waals surface area contributed by atoms with E-state index < -0.39 is 11.2 Å². The fourth-order valence-corrected chi connectivity index (χ4v) is 9.51. The molecule has 1 aromatic rings. The van der Waals surface area contributed by atoms with Crippen molar-refractivity contribution in [2.24, 2.45) is 16.7 Å². The van der Waals surface area contributed by atoms with E-state index in [1.807, 2.05) is 20.1 Å². The maximum atomic E-state index is 12.2. The molecule has 2 N–H and O–H groups in total. The molecular weight excluding hydrogens is 414 g/mol. The Bertz CT molecular complexity index is 1040. The molecule has 0 aromatic heterocycles. The number of likely N-dealkylation sites (tertiary alicyclic amines) is 1. The molecule has 2 spiro atoms. The standard InChI is InChI=1S/C28H39NO4/c1-24(2,3)25(4,31)19-15-26-10-11-28(19,32-5)23-27(26)12-13-29(17-7-8-17)20(26)14-16-6-9-18(30)22(33-23)21(16)27/h6,9,17,19-20,23,30-31H,7-8,10-15H2,1-5H3/t19-,20-,23-,25-,26-,27+,28-/m1/s1. The number of nitrogens with zero attached hydrogens (tertiary/aromatic N) is 1. The van der Waals surface area contributed by atoms with Gasteiger partial charge in [0.05, 0.1) is 5.60 Å². The maximum Gasteiger partial charge on any atom is 0.165 e. The summed E-state index contributed by atoms with van der Waals surface area (Å²) in [4.78, 5) is 2.84. The van der Waals surface area contributed by atoms with Crippen LogP contribution in [0.25, 0.3) is 0 Å². The second-order valence-corrected chi connectivity index (χ2v) is 13.3. The zero-order chi connectivity index (χ0) is 23.2. The maximum absolute atomic E-state index is 12.2. The number of phenols is 1. The van der Waals surface area contributed by atoms with E-state index in [0.717, 1.165) is 44.7 Å². The smallest absolute Gasteiger partial charge is 0.165 e. The van der Waals surface area contributed by atoms with E-state index in [2.05, 4.69) is 31.7 Å². The summed E-state index contributed by atoms with van der Waals surface area (Å²) in [5.41, 5.74) is 0.804. The van der Waals surface area contributed by atoms with E-state index in [9.17, 15) is 10.2 Å². The zero-order valence-corrected chi connectivity index (χ0v) is 20.8. The number of rotatable bonds is 3. The predicted molar refractivity (Wildman–Crippen MR) is 126 cm³/mol. The van der Waals surface area contributed by atoms with Gasteiger partial charge in [0.15, 0.2) is 11.5 Å². The highest BCUT2D eigenvalue weighted by atomic mass is 16.6. The van der Waals surface area contributed by atoms with Crippen LogP contribution < -0.4 is 4.74 Å². The molecule has 1 aromatic carbocycles. The third-order valence-corrected chi connectivity index (χ3v) is 11.6. The number of phenolic OH excluding ortho intramolecular Hbond substituents is 1. The zero-order valence-electron chi connectivity index (χ0n) is 20.8. The van der Waals surface area contributed by atoms with Gasteiger partial charge in [-0.05, 0) is 75.5 Å². The Morgan fingerprint density at radius 2 is 1.88 bits per heavy atom. The fraction of sp³-hybridized carbons (Fsp3) is 0.786. The van der Waals surface area contributed by atoms with Crippen LogP contribution in [0.1, 0.15) is 77.3 Å². The molecule has 2 heterocycles. The molecule has 2 aliphatic heterocycles. The number of fused-ring (bicyclic) bond motifs is 2. The summed E-state index contributed by atoms with van der Waals surface area (Å²) < 4.78 is 13.4. The average Bonchev–Trinajstić information content (AvgIpc) is 3.53.